The summed E-state index contributed by atoms with van der Waals surface area (Å²) in [6.07, 6.45) is 1.61. The van der Waals surface area contributed by atoms with Crippen molar-refractivity contribution in [3.05, 3.63) is 35.5 Å². The number of furan rings is 1. The van der Waals surface area contributed by atoms with Gasteiger partial charge in [0.15, 0.2) is 5.69 Å². The number of carbonyl (C=O) groups is 1. The van der Waals surface area contributed by atoms with E-state index >= 15 is 0 Å². The largest absolute Gasteiger partial charge is 0.464 e. The fraction of sp³-hybridized carbons (Fsp3) is 0.333. The van der Waals surface area contributed by atoms with Crippen molar-refractivity contribution in [1.29, 1.82) is 0 Å². The molecule has 18 heavy (non-hydrogen) atoms. The lowest BCUT2D eigenvalue weighted by Crippen LogP contribution is -2.27. The van der Waals surface area contributed by atoms with Gasteiger partial charge in [-0.15, -0.1) is 0 Å². The highest BCUT2D eigenvalue weighted by atomic mass is 16.3. The Hall–Kier alpha value is -2.24. The second-order valence-corrected chi connectivity index (χ2v) is 4.28. The highest BCUT2D eigenvalue weighted by Gasteiger charge is 2.19. The van der Waals surface area contributed by atoms with Gasteiger partial charge in [-0.25, -0.2) is 0 Å². The first-order valence-electron chi connectivity index (χ1n) is 5.57. The van der Waals surface area contributed by atoms with Crippen molar-refractivity contribution in [2.75, 3.05) is 12.8 Å². The number of carbonyl (C=O) groups excluding carboxylic acids is 1. The Kier molecular flexibility index (Phi) is 3.10. The molecule has 1 amide bonds. The third-order valence-electron chi connectivity index (χ3n) is 2.60. The molecule has 0 bridgehead atoms. The molecule has 0 aliphatic rings. The maximum Gasteiger partial charge on any atom is 0.276 e. The minimum atomic E-state index is -0.220. The molecule has 0 aromatic carbocycles. The fourth-order valence-electron chi connectivity index (χ4n) is 1.73. The van der Waals surface area contributed by atoms with Gasteiger partial charge in [0.05, 0.1) is 12.2 Å². The van der Waals surface area contributed by atoms with Crippen LogP contribution in [0.3, 0.4) is 0 Å². The van der Waals surface area contributed by atoms with Crippen LogP contribution in [0.4, 0.5) is 5.69 Å². The lowest BCUT2D eigenvalue weighted by molar-refractivity contribution is 0.0769. The van der Waals surface area contributed by atoms with E-state index in [1.54, 1.807) is 20.3 Å². The summed E-state index contributed by atoms with van der Waals surface area (Å²) in [6, 6.07) is 3.71. The first-order chi connectivity index (χ1) is 8.47. The van der Waals surface area contributed by atoms with E-state index in [9.17, 15) is 4.79 Å². The molecule has 0 aliphatic carbocycles. The summed E-state index contributed by atoms with van der Waals surface area (Å²) >= 11 is 0. The molecule has 0 aliphatic heterocycles. The second kappa shape index (κ2) is 4.56. The van der Waals surface area contributed by atoms with Crippen LogP contribution in [0.2, 0.25) is 0 Å². The Morgan fingerprint density at radius 3 is 2.78 bits per heavy atom. The van der Waals surface area contributed by atoms with Crippen LogP contribution in [0.15, 0.2) is 22.7 Å². The van der Waals surface area contributed by atoms with Gasteiger partial charge in [0.25, 0.3) is 5.91 Å². The Labute approximate surface area is 105 Å². The Morgan fingerprint density at radius 2 is 2.28 bits per heavy atom. The summed E-state index contributed by atoms with van der Waals surface area (Å²) in [7, 11) is 3.41. The van der Waals surface area contributed by atoms with Crippen LogP contribution in [0.1, 0.15) is 22.0 Å². The smallest absolute Gasteiger partial charge is 0.276 e. The van der Waals surface area contributed by atoms with Crippen LogP contribution in [0, 0.1) is 6.92 Å². The topological polar surface area (TPSA) is 77.3 Å². The normalized spacial score (nSPS) is 10.6. The molecule has 2 rings (SSSR count). The molecule has 0 spiro atoms. The molecule has 2 aromatic rings. The highest BCUT2D eigenvalue weighted by Crippen LogP contribution is 2.14. The third kappa shape index (κ3) is 2.37. The van der Waals surface area contributed by atoms with Gasteiger partial charge < -0.3 is 15.1 Å². The first kappa shape index (κ1) is 12.2. The van der Waals surface area contributed by atoms with Gasteiger partial charge in [-0.05, 0) is 19.1 Å². The Balaban J connectivity index is 2.11. The molecule has 0 fully saturated rings. The average Bonchev–Trinajstić information content (AvgIpc) is 2.84. The number of aryl methyl sites for hydroxylation is 2. The van der Waals surface area contributed by atoms with Gasteiger partial charge in [0.2, 0.25) is 0 Å². The lowest BCUT2D eigenvalue weighted by atomic mass is 10.3. The molecule has 6 nitrogen and oxygen atoms in total. The number of nitrogens with two attached hydrogens (primary N) is 1. The van der Waals surface area contributed by atoms with Crippen LogP contribution in [-0.2, 0) is 13.6 Å². The lowest BCUT2D eigenvalue weighted by Gasteiger charge is -2.14. The summed E-state index contributed by atoms with van der Waals surface area (Å²) in [6.45, 7) is 2.25. The van der Waals surface area contributed by atoms with E-state index in [-0.39, 0.29) is 11.6 Å². The minimum Gasteiger partial charge on any atom is -0.464 e. The molecule has 6 heteroatoms. The van der Waals surface area contributed by atoms with Crippen LogP contribution in [-0.4, -0.2) is 27.6 Å². The van der Waals surface area contributed by atoms with E-state index < -0.39 is 0 Å². The van der Waals surface area contributed by atoms with E-state index in [0.717, 1.165) is 11.5 Å². The summed E-state index contributed by atoms with van der Waals surface area (Å²) < 4.78 is 6.95. The van der Waals surface area contributed by atoms with Crippen LogP contribution in [0.5, 0.6) is 0 Å². The molecule has 96 valence electrons. The summed E-state index contributed by atoms with van der Waals surface area (Å²) in [4.78, 5) is 13.6. The number of rotatable bonds is 3. The zero-order valence-electron chi connectivity index (χ0n) is 10.7. The predicted octanol–water partition coefficient (Wildman–Crippen LogP) is 1.18. The maximum absolute atomic E-state index is 12.1. The van der Waals surface area contributed by atoms with Crippen molar-refractivity contribution in [2.45, 2.75) is 13.5 Å². The van der Waals surface area contributed by atoms with Gasteiger partial charge in [0, 0.05) is 20.3 Å². The van der Waals surface area contributed by atoms with Crippen LogP contribution in [0.25, 0.3) is 0 Å². The predicted molar refractivity (Wildman–Crippen MR) is 66.9 cm³/mol. The molecular weight excluding hydrogens is 232 g/mol. The quantitative estimate of drug-likeness (QED) is 0.884. The maximum atomic E-state index is 12.1. The summed E-state index contributed by atoms with van der Waals surface area (Å²) in [5.41, 5.74) is 6.37. The van der Waals surface area contributed by atoms with Crippen molar-refractivity contribution < 1.29 is 9.21 Å². The molecule has 0 radical (unpaired) electrons. The molecule has 2 aromatic heterocycles. The molecular formula is C12H16N4O2. The summed E-state index contributed by atoms with van der Waals surface area (Å²) in [5, 5.41) is 4.05. The van der Waals surface area contributed by atoms with Gasteiger partial charge in [-0.3, -0.25) is 9.48 Å². The third-order valence-corrected chi connectivity index (χ3v) is 2.60. The number of hydrogen-bond donors (Lipinski definition) is 1. The van der Waals surface area contributed by atoms with Gasteiger partial charge in [0.1, 0.15) is 11.5 Å². The standard InChI is InChI=1S/C12H16N4O2/c1-8-4-5-9(18-8)6-15(2)12(17)11-10(13)7-16(3)14-11/h4-5,7H,6,13H2,1-3H3. The number of amides is 1. The van der Waals surface area contributed by atoms with E-state index in [0.29, 0.717) is 12.2 Å². The Morgan fingerprint density at radius 1 is 1.56 bits per heavy atom. The number of anilines is 1. The number of aromatic nitrogens is 2. The molecule has 2 heterocycles. The number of hydrogen-bond acceptors (Lipinski definition) is 4. The van der Waals surface area contributed by atoms with Gasteiger partial charge in [-0.2, -0.15) is 5.10 Å². The number of nitrogens with zero attached hydrogens (tertiary/aromatic N) is 3. The molecule has 0 atom stereocenters. The SMILES string of the molecule is Cc1ccc(CN(C)C(=O)c2nn(C)cc2N)o1. The van der Waals surface area contributed by atoms with Crippen molar-refractivity contribution >= 4 is 11.6 Å². The zero-order valence-corrected chi connectivity index (χ0v) is 10.7. The fourth-order valence-corrected chi connectivity index (χ4v) is 1.73. The minimum absolute atomic E-state index is 0.220. The number of nitrogen functional groups attached to an aromatic ring is 1. The van der Waals surface area contributed by atoms with E-state index in [1.807, 2.05) is 19.1 Å². The van der Waals surface area contributed by atoms with Crippen molar-refractivity contribution in [1.82, 2.24) is 14.7 Å². The molecule has 2 N–H and O–H groups in total. The van der Waals surface area contributed by atoms with Crippen molar-refractivity contribution in [3.63, 3.8) is 0 Å². The van der Waals surface area contributed by atoms with Crippen LogP contribution < -0.4 is 5.73 Å². The second-order valence-electron chi connectivity index (χ2n) is 4.28. The van der Waals surface area contributed by atoms with E-state index in [1.165, 1.54) is 9.58 Å². The van der Waals surface area contributed by atoms with Gasteiger partial charge in [-0.1, -0.05) is 0 Å². The molecule has 0 saturated carbocycles. The molecule has 0 unspecified atom stereocenters. The Bertz CT molecular complexity index is 570. The first-order valence-corrected chi connectivity index (χ1v) is 5.57. The van der Waals surface area contributed by atoms with E-state index in [4.69, 9.17) is 10.2 Å². The van der Waals surface area contributed by atoms with E-state index in [2.05, 4.69) is 5.10 Å². The summed E-state index contributed by atoms with van der Waals surface area (Å²) in [5.74, 6) is 1.34. The average molecular weight is 248 g/mol. The van der Waals surface area contributed by atoms with Crippen molar-refractivity contribution in [2.24, 2.45) is 7.05 Å². The van der Waals surface area contributed by atoms with Crippen molar-refractivity contribution in [3.8, 4) is 0 Å². The molecule has 0 saturated heterocycles. The van der Waals surface area contributed by atoms with Gasteiger partial charge >= 0.3 is 0 Å². The zero-order chi connectivity index (χ0) is 13.3. The highest BCUT2D eigenvalue weighted by molar-refractivity contribution is 5.96. The monoisotopic (exact) mass is 248 g/mol. The van der Waals surface area contributed by atoms with Crippen LogP contribution >= 0.6 is 0 Å².